The van der Waals surface area contributed by atoms with Gasteiger partial charge in [-0.25, -0.2) is 4.98 Å². The molecule has 0 aliphatic heterocycles. The Balaban J connectivity index is 1.74. The van der Waals surface area contributed by atoms with Gasteiger partial charge in [0.15, 0.2) is 11.5 Å². The van der Waals surface area contributed by atoms with Crippen molar-refractivity contribution in [2.45, 2.75) is 51.9 Å². The molecule has 0 bridgehead atoms. The van der Waals surface area contributed by atoms with Gasteiger partial charge in [0.1, 0.15) is 0 Å². The molecule has 2 aromatic rings. The van der Waals surface area contributed by atoms with E-state index < -0.39 is 0 Å². The predicted molar refractivity (Wildman–Crippen MR) is 110 cm³/mol. The van der Waals surface area contributed by atoms with E-state index >= 15 is 0 Å². The minimum absolute atomic E-state index is 0.725. The van der Waals surface area contributed by atoms with E-state index in [1.807, 2.05) is 23.6 Å². The third-order valence-corrected chi connectivity index (χ3v) is 4.68. The second kappa shape index (κ2) is 12.3. The van der Waals surface area contributed by atoms with E-state index in [9.17, 15) is 0 Å². The number of unbranched alkanes of at least 4 members (excludes halogenated alkanes) is 6. The van der Waals surface area contributed by atoms with Crippen LogP contribution in [-0.4, -0.2) is 24.9 Å². The van der Waals surface area contributed by atoms with Gasteiger partial charge in [-0.15, -0.1) is 11.3 Å². The quantitative estimate of drug-likeness (QED) is 0.276. The van der Waals surface area contributed by atoms with Crippen LogP contribution >= 0.6 is 11.3 Å². The van der Waals surface area contributed by atoms with Crippen LogP contribution in [-0.2, 0) is 0 Å². The van der Waals surface area contributed by atoms with Crippen LogP contribution in [0.1, 0.15) is 57.4 Å². The normalized spacial score (nSPS) is 11.0. The maximum atomic E-state index is 5.88. The number of rotatable bonds is 13. The first-order chi connectivity index (χ1) is 12.8. The number of methoxy groups -OCH3 is 1. The number of nitrogens with zero attached hydrogens (tertiary/aromatic N) is 2. The fourth-order valence-electron chi connectivity index (χ4n) is 2.57. The Labute approximate surface area is 160 Å². The average molecular weight is 376 g/mol. The third-order valence-electron chi connectivity index (χ3n) is 4.00. The molecule has 0 unspecified atom stereocenters. The van der Waals surface area contributed by atoms with Crippen molar-refractivity contribution < 1.29 is 9.47 Å². The highest BCUT2D eigenvalue weighted by Crippen LogP contribution is 2.28. The zero-order valence-corrected chi connectivity index (χ0v) is 16.6. The molecule has 0 aliphatic carbocycles. The standard InChI is InChI=1S/C20H29N3O2S/c1-3-4-5-6-7-8-9-13-25-18-11-10-17(15-19(18)24-2)16-22-23-20-21-12-14-26-20/h10-12,14-16H,3-9,13H2,1-2H3,(H,21,23)/b22-16-. The summed E-state index contributed by atoms with van der Waals surface area (Å²) in [7, 11) is 1.66. The highest BCUT2D eigenvalue weighted by atomic mass is 32.1. The molecule has 5 nitrogen and oxygen atoms in total. The molecule has 2 rings (SSSR count). The highest BCUT2D eigenvalue weighted by Gasteiger charge is 2.05. The zero-order valence-electron chi connectivity index (χ0n) is 15.7. The fourth-order valence-corrected chi connectivity index (χ4v) is 3.04. The second-order valence-corrected chi connectivity index (χ2v) is 6.98. The van der Waals surface area contributed by atoms with E-state index in [1.54, 1.807) is 19.5 Å². The molecule has 1 aromatic carbocycles. The Kier molecular flexibility index (Phi) is 9.57. The molecular formula is C20H29N3O2S. The monoisotopic (exact) mass is 375 g/mol. The van der Waals surface area contributed by atoms with Crippen LogP contribution in [0.4, 0.5) is 5.13 Å². The van der Waals surface area contributed by atoms with Crippen molar-refractivity contribution >= 4 is 22.7 Å². The first kappa shape index (κ1) is 20.2. The maximum Gasteiger partial charge on any atom is 0.203 e. The van der Waals surface area contributed by atoms with Crippen molar-refractivity contribution in [2.24, 2.45) is 5.10 Å². The molecular weight excluding hydrogens is 346 g/mol. The van der Waals surface area contributed by atoms with Crippen LogP contribution in [0.5, 0.6) is 11.5 Å². The van der Waals surface area contributed by atoms with Crippen molar-refractivity contribution in [2.75, 3.05) is 19.1 Å². The smallest absolute Gasteiger partial charge is 0.203 e. The lowest BCUT2D eigenvalue weighted by molar-refractivity contribution is 0.284. The van der Waals surface area contributed by atoms with Crippen LogP contribution < -0.4 is 14.9 Å². The van der Waals surface area contributed by atoms with Gasteiger partial charge < -0.3 is 9.47 Å². The molecule has 0 amide bonds. The summed E-state index contributed by atoms with van der Waals surface area (Å²) in [5.74, 6) is 1.51. The maximum absolute atomic E-state index is 5.88. The van der Waals surface area contributed by atoms with Crippen LogP contribution in [0, 0.1) is 0 Å². The van der Waals surface area contributed by atoms with Crippen LogP contribution in [0.15, 0.2) is 34.9 Å². The van der Waals surface area contributed by atoms with Crippen molar-refractivity contribution in [3.63, 3.8) is 0 Å². The van der Waals surface area contributed by atoms with Gasteiger partial charge >= 0.3 is 0 Å². The lowest BCUT2D eigenvalue weighted by Gasteiger charge is -2.11. The Morgan fingerprint density at radius 3 is 2.65 bits per heavy atom. The molecule has 0 aliphatic rings. The number of hydrogen-bond acceptors (Lipinski definition) is 6. The molecule has 0 saturated heterocycles. The summed E-state index contributed by atoms with van der Waals surface area (Å²) < 4.78 is 11.3. The van der Waals surface area contributed by atoms with E-state index in [0.717, 1.165) is 35.2 Å². The lowest BCUT2D eigenvalue weighted by Crippen LogP contribution is -2.00. The van der Waals surface area contributed by atoms with Gasteiger partial charge in [-0.1, -0.05) is 45.4 Å². The summed E-state index contributed by atoms with van der Waals surface area (Å²) in [6.45, 7) is 2.97. The minimum Gasteiger partial charge on any atom is -0.493 e. The number of hydrogen-bond donors (Lipinski definition) is 1. The minimum atomic E-state index is 0.725. The summed E-state index contributed by atoms with van der Waals surface area (Å²) in [5.41, 5.74) is 3.84. The number of aromatic nitrogens is 1. The molecule has 0 radical (unpaired) electrons. The molecule has 0 fully saturated rings. The van der Waals surface area contributed by atoms with Gasteiger partial charge in [-0.3, -0.25) is 5.43 Å². The summed E-state index contributed by atoms with van der Waals surface area (Å²) in [6, 6.07) is 5.83. The Hall–Kier alpha value is -2.08. The van der Waals surface area contributed by atoms with Crippen LogP contribution in [0.25, 0.3) is 0 Å². The number of hydrazone groups is 1. The highest BCUT2D eigenvalue weighted by molar-refractivity contribution is 7.13. The topological polar surface area (TPSA) is 55.7 Å². The van der Waals surface area contributed by atoms with Crippen molar-refractivity contribution in [3.05, 3.63) is 35.3 Å². The number of benzene rings is 1. The van der Waals surface area contributed by atoms with Crippen molar-refractivity contribution in [1.29, 1.82) is 0 Å². The van der Waals surface area contributed by atoms with E-state index in [2.05, 4.69) is 22.4 Å². The van der Waals surface area contributed by atoms with Gasteiger partial charge in [-0.2, -0.15) is 5.10 Å². The third kappa shape index (κ3) is 7.44. The Bertz CT molecular complexity index is 645. The lowest BCUT2D eigenvalue weighted by atomic mass is 10.1. The molecule has 6 heteroatoms. The molecule has 26 heavy (non-hydrogen) atoms. The Morgan fingerprint density at radius 1 is 1.12 bits per heavy atom. The molecule has 1 aromatic heterocycles. The number of thiazole rings is 1. The van der Waals surface area contributed by atoms with Crippen LogP contribution in [0.2, 0.25) is 0 Å². The van der Waals surface area contributed by atoms with Crippen molar-refractivity contribution in [1.82, 2.24) is 4.98 Å². The molecule has 0 spiro atoms. The molecule has 1 heterocycles. The molecule has 0 saturated carbocycles. The average Bonchev–Trinajstić information content (AvgIpc) is 3.18. The fraction of sp³-hybridized carbons (Fsp3) is 0.500. The first-order valence-corrected chi connectivity index (χ1v) is 10.2. The molecule has 0 atom stereocenters. The molecule has 142 valence electrons. The SMILES string of the molecule is CCCCCCCCCOc1ccc(/C=N\Nc2nccs2)cc1OC. The van der Waals surface area contributed by atoms with Gasteiger partial charge in [0, 0.05) is 11.6 Å². The van der Waals surface area contributed by atoms with Gasteiger partial charge in [0.25, 0.3) is 0 Å². The predicted octanol–water partition coefficient (Wildman–Crippen LogP) is 5.73. The van der Waals surface area contributed by atoms with E-state index in [4.69, 9.17) is 9.47 Å². The second-order valence-electron chi connectivity index (χ2n) is 6.09. The zero-order chi connectivity index (χ0) is 18.5. The summed E-state index contributed by atoms with van der Waals surface area (Å²) in [6.07, 6.45) is 12.4. The first-order valence-electron chi connectivity index (χ1n) is 9.33. The summed E-state index contributed by atoms with van der Waals surface area (Å²) >= 11 is 1.51. The number of anilines is 1. The molecule has 1 N–H and O–H groups in total. The van der Waals surface area contributed by atoms with Gasteiger partial charge in [-0.05, 0) is 30.2 Å². The van der Waals surface area contributed by atoms with Gasteiger partial charge in [0.05, 0.1) is 19.9 Å². The van der Waals surface area contributed by atoms with Crippen molar-refractivity contribution in [3.8, 4) is 11.5 Å². The van der Waals surface area contributed by atoms with E-state index in [-0.39, 0.29) is 0 Å². The number of ether oxygens (including phenoxy) is 2. The van der Waals surface area contributed by atoms with Crippen LogP contribution in [0.3, 0.4) is 0 Å². The summed E-state index contributed by atoms with van der Waals surface area (Å²) in [4.78, 5) is 4.11. The Morgan fingerprint density at radius 2 is 1.92 bits per heavy atom. The largest absolute Gasteiger partial charge is 0.493 e. The van der Waals surface area contributed by atoms with E-state index in [1.165, 1.54) is 49.9 Å². The van der Waals surface area contributed by atoms with Gasteiger partial charge in [0.2, 0.25) is 5.13 Å². The summed E-state index contributed by atoms with van der Waals surface area (Å²) in [5, 5.41) is 6.85. The number of nitrogens with one attached hydrogen (secondary N) is 1. The van der Waals surface area contributed by atoms with E-state index in [0.29, 0.717) is 0 Å².